The van der Waals surface area contributed by atoms with Crippen molar-refractivity contribution in [1.82, 2.24) is 15.0 Å². The molecule has 0 bridgehead atoms. The SMILES string of the molecule is COc1ccc(S(=O)(=O)NC(=O)c2cccc(-c3ccc4c(c3)CC[C@H](CNC[C@@H](O)c3cccnc3)O4)c2)cc1. The van der Waals surface area contributed by atoms with Crippen LogP contribution < -0.4 is 19.5 Å². The van der Waals surface area contributed by atoms with E-state index in [4.69, 9.17) is 9.47 Å². The van der Waals surface area contributed by atoms with E-state index in [-0.39, 0.29) is 16.6 Å². The zero-order valence-corrected chi connectivity index (χ0v) is 23.3. The fourth-order valence-corrected chi connectivity index (χ4v) is 5.65. The van der Waals surface area contributed by atoms with Crippen LogP contribution in [0.3, 0.4) is 0 Å². The van der Waals surface area contributed by atoms with Crippen molar-refractivity contribution in [3.63, 3.8) is 0 Å². The minimum atomic E-state index is -4.05. The van der Waals surface area contributed by atoms with Gasteiger partial charge in [0, 0.05) is 36.6 Å². The van der Waals surface area contributed by atoms with Crippen LogP contribution in [0.4, 0.5) is 0 Å². The molecule has 3 aromatic carbocycles. The van der Waals surface area contributed by atoms with Gasteiger partial charge >= 0.3 is 0 Å². The number of sulfonamides is 1. The summed E-state index contributed by atoms with van der Waals surface area (Å²) in [5.74, 6) is 0.606. The predicted octanol–water partition coefficient (Wildman–Crippen LogP) is 3.89. The van der Waals surface area contributed by atoms with Gasteiger partial charge in [-0.3, -0.25) is 9.78 Å². The predicted molar refractivity (Wildman–Crippen MR) is 154 cm³/mol. The van der Waals surface area contributed by atoms with E-state index in [1.807, 2.05) is 30.3 Å². The molecule has 41 heavy (non-hydrogen) atoms. The summed E-state index contributed by atoms with van der Waals surface area (Å²) in [4.78, 5) is 16.9. The highest BCUT2D eigenvalue weighted by Gasteiger charge is 2.22. The van der Waals surface area contributed by atoms with Gasteiger partial charge in [-0.25, -0.2) is 13.1 Å². The molecule has 0 aliphatic carbocycles. The Hall–Kier alpha value is -4.25. The van der Waals surface area contributed by atoms with E-state index >= 15 is 0 Å². The van der Waals surface area contributed by atoms with Crippen LogP contribution in [0, 0.1) is 0 Å². The second-order valence-corrected chi connectivity index (χ2v) is 11.4. The highest BCUT2D eigenvalue weighted by atomic mass is 32.2. The Morgan fingerprint density at radius 1 is 1.07 bits per heavy atom. The van der Waals surface area contributed by atoms with Gasteiger partial charge in [-0.1, -0.05) is 24.3 Å². The second kappa shape index (κ2) is 12.5. The molecule has 1 aromatic heterocycles. The average molecular weight is 574 g/mol. The van der Waals surface area contributed by atoms with Crippen molar-refractivity contribution in [2.45, 2.75) is 29.9 Å². The molecule has 2 heterocycles. The fourth-order valence-electron chi connectivity index (χ4n) is 4.67. The Bertz CT molecular complexity index is 1610. The van der Waals surface area contributed by atoms with Crippen LogP contribution in [-0.2, 0) is 16.4 Å². The van der Waals surface area contributed by atoms with Gasteiger partial charge in [0.05, 0.1) is 18.1 Å². The molecule has 0 radical (unpaired) electrons. The van der Waals surface area contributed by atoms with Crippen molar-refractivity contribution < 1.29 is 27.8 Å². The van der Waals surface area contributed by atoms with Crippen molar-refractivity contribution in [3.05, 3.63) is 108 Å². The van der Waals surface area contributed by atoms with Gasteiger partial charge in [-0.2, -0.15) is 0 Å². The highest BCUT2D eigenvalue weighted by Crippen LogP contribution is 2.32. The van der Waals surface area contributed by atoms with E-state index in [1.165, 1.54) is 31.4 Å². The number of aliphatic hydroxyl groups is 1. The first-order valence-electron chi connectivity index (χ1n) is 13.2. The molecule has 0 fully saturated rings. The van der Waals surface area contributed by atoms with Crippen molar-refractivity contribution in [3.8, 4) is 22.6 Å². The molecule has 0 spiro atoms. The first-order chi connectivity index (χ1) is 19.8. The molecule has 1 aliphatic rings. The van der Waals surface area contributed by atoms with Crippen molar-refractivity contribution in [1.29, 1.82) is 0 Å². The van der Waals surface area contributed by atoms with Crippen molar-refractivity contribution in [2.75, 3.05) is 20.2 Å². The molecule has 0 saturated heterocycles. The standard InChI is InChI=1S/C31H31N3O6S/c1-39-26-10-12-28(13-11-26)41(37,38)34-31(36)24-5-2-4-21(17-24)22-8-14-30-23(16-22)7-9-27(40-30)19-33-20-29(35)25-6-3-15-32-18-25/h2-6,8,10-18,27,29,33,35H,7,9,19-20H2,1H3,(H,34,36)/t27-,29-/m1/s1. The number of fused-ring (bicyclic) bond motifs is 1. The monoisotopic (exact) mass is 573 g/mol. The molecular weight excluding hydrogens is 542 g/mol. The number of hydrogen-bond acceptors (Lipinski definition) is 8. The highest BCUT2D eigenvalue weighted by molar-refractivity contribution is 7.90. The number of ether oxygens (including phenoxy) is 2. The third kappa shape index (κ3) is 6.91. The minimum Gasteiger partial charge on any atom is -0.497 e. The van der Waals surface area contributed by atoms with Crippen molar-refractivity contribution >= 4 is 15.9 Å². The van der Waals surface area contributed by atoms with Crippen LogP contribution in [0.2, 0.25) is 0 Å². The summed E-state index contributed by atoms with van der Waals surface area (Å²) < 4.78 is 38.8. The summed E-state index contributed by atoms with van der Waals surface area (Å²) in [5, 5.41) is 13.6. The summed E-state index contributed by atoms with van der Waals surface area (Å²) in [5.41, 5.74) is 3.74. The van der Waals surface area contributed by atoms with Crippen LogP contribution >= 0.6 is 0 Å². The van der Waals surface area contributed by atoms with Gasteiger partial charge in [0.1, 0.15) is 17.6 Å². The lowest BCUT2D eigenvalue weighted by molar-refractivity contribution is 0.0981. The Morgan fingerprint density at radius 2 is 1.88 bits per heavy atom. The van der Waals surface area contributed by atoms with E-state index in [2.05, 4.69) is 15.0 Å². The topological polar surface area (TPSA) is 127 Å². The Balaban J connectivity index is 1.20. The molecule has 2 atom stereocenters. The Kier molecular flexibility index (Phi) is 8.63. The third-order valence-electron chi connectivity index (χ3n) is 6.92. The summed E-state index contributed by atoms with van der Waals surface area (Å²) >= 11 is 0. The number of nitrogens with zero attached hydrogens (tertiary/aromatic N) is 1. The van der Waals surface area contributed by atoms with Crippen LogP contribution in [-0.4, -0.2) is 50.7 Å². The van der Waals surface area contributed by atoms with Gasteiger partial charge < -0.3 is 19.9 Å². The van der Waals surface area contributed by atoms with Gasteiger partial charge in [-0.15, -0.1) is 0 Å². The van der Waals surface area contributed by atoms with Gasteiger partial charge in [0.25, 0.3) is 15.9 Å². The summed E-state index contributed by atoms with van der Waals surface area (Å²) in [7, 11) is -2.56. The molecule has 9 nitrogen and oxygen atoms in total. The molecule has 1 aliphatic heterocycles. The average Bonchev–Trinajstić information content (AvgIpc) is 3.01. The zero-order valence-electron chi connectivity index (χ0n) is 22.5. The number of methoxy groups -OCH3 is 1. The van der Waals surface area contributed by atoms with E-state index < -0.39 is 22.0 Å². The zero-order chi connectivity index (χ0) is 28.8. The van der Waals surface area contributed by atoms with E-state index in [9.17, 15) is 18.3 Å². The number of aryl methyl sites for hydroxylation is 1. The van der Waals surface area contributed by atoms with E-state index in [1.54, 1.807) is 36.7 Å². The lowest BCUT2D eigenvalue weighted by Gasteiger charge is -2.27. The number of nitrogens with one attached hydrogen (secondary N) is 2. The molecule has 3 N–H and O–H groups in total. The summed E-state index contributed by atoms with van der Waals surface area (Å²) in [6, 6.07) is 22.2. The second-order valence-electron chi connectivity index (χ2n) is 9.75. The number of aliphatic hydroxyl groups excluding tert-OH is 1. The minimum absolute atomic E-state index is 0.0193. The molecular formula is C31H31N3O6S. The number of amides is 1. The number of carbonyl (C=O) groups is 1. The molecule has 1 amide bonds. The Morgan fingerprint density at radius 3 is 2.63 bits per heavy atom. The van der Waals surface area contributed by atoms with Crippen LogP contribution in [0.1, 0.15) is 34.0 Å². The molecule has 0 unspecified atom stereocenters. The quantitative estimate of drug-likeness (QED) is 0.261. The number of aromatic nitrogens is 1. The fraction of sp³-hybridized carbons (Fsp3) is 0.226. The van der Waals surface area contributed by atoms with E-state index in [0.717, 1.165) is 40.8 Å². The molecule has 10 heteroatoms. The molecule has 5 rings (SSSR count). The van der Waals surface area contributed by atoms with E-state index in [0.29, 0.717) is 18.8 Å². The Labute approximate surface area is 239 Å². The number of hydrogen-bond donors (Lipinski definition) is 3. The van der Waals surface area contributed by atoms with Gasteiger partial charge in [0.2, 0.25) is 0 Å². The third-order valence-corrected chi connectivity index (χ3v) is 8.27. The number of pyridine rings is 1. The van der Waals surface area contributed by atoms with Crippen LogP contribution in [0.25, 0.3) is 11.1 Å². The summed E-state index contributed by atoms with van der Waals surface area (Å²) in [6.45, 7) is 1.01. The van der Waals surface area contributed by atoms with Gasteiger partial charge in [-0.05, 0) is 84.1 Å². The number of carbonyl (C=O) groups excluding carboxylic acids is 1. The maximum atomic E-state index is 12.9. The van der Waals surface area contributed by atoms with Gasteiger partial charge in [0.15, 0.2) is 0 Å². The molecule has 0 saturated carbocycles. The van der Waals surface area contributed by atoms with Crippen molar-refractivity contribution in [2.24, 2.45) is 0 Å². The molecule has 4 aromatic rings. The maximum absolute atomic E-state index is 12.9. The normalized spacial score (nSPS) is 15.3. The lowest BCUT2D eigenvalue weighted by Crippen LogP contribution is -2.36. The van der Waals surface area contributed by atoms with Crippen LogP contribution in [0.5, 0.6) is 11.5 Å². The first-order valence-corrected chi connectivity index (χ1v) is 14.7. The number of benzene rings is 3. The lowest BCUT2D eigenvalue weighted by atomic mass is 9.96. The van der Waals surface area contributed by atoms with Crippen LogP contribution in [0.15, 0.2) is 96.2 Å². The smallest absolute Gasteiger partial charge is 0.265 e. The largest absolute Gasteiger partial charge is 0.497 e. The number of rotatable bonds is 10. The first kappa shape index (κ1) is 28.3. The summed E-state index contributed by atoms with van der Waals surface area (Å²) in [6.07, 6.45) is 4.31. The molecule has 212 valence electrons. The maximum Gasteiger partial charge on any atom is 0.265 e.